The molecule has 0 saturated carbocycles. The zero-order chi connectivity index (χ0) is 47.1. The third kappa shape index (κ3) is 11.2. The van der Waals surface area contributed by atoms with E-state index in [9.17, 15) is 13.2 Å². The van der Waals surface area contributed by atoms with Crippen molar-refractivity contribution < 1.29 is 40.6 Å². The van der Waals surface area contributed by atoms with Crippen molar-refractivity contribution in [1.82, 2.24) is 39.4 Å². The number of alkyl carbamates (subject to hydrolysis) is 1. The number of nitrogens with zero attached hydrogens (tertiary/aromatic N) is 7. The summed E-state index contributed by atoms with van der Waals surface area (Å²) in [6, 6.07) is 31.1. The molecule has 0 aliphatic rings. The Labute approximate surface area is 383 Å². The quantitative estimate of drug-likeness (QED) is 0.0928. The molecule has 0 spiro atoms. The molecule has 0 atom stereocenters. The summed E-state index contributed by atoms with van der Waals surface area (Å²) in [4.78, 5) is 17.0. The molecule has 1 N–H and O–H groups in total. The number of amides is 1. The average molecular weight is 935 g/mol. The van der Waals surface area contributed by atoms with Crippen LogP contribution in [0.5, 0.6) is 17.2 Å². The van der Waals surface area contributed by atoms with Crippen molar-refractivity contribution >= 4 is 26.0 Å². The van der Waals surface area contributed by atoms with Gasteiger partial charge in [-0.25, -0.2) is 26.6 Å². The lowest BCUT2D eigenvalue weighted by atomic mass is 9.98. The first-order valence-electron chi connectivity index (χ1n) is 20.7. The number of imidazole rings is 1. The first-order valence-corrected chi connectivity index (χ1v) is 23.8. The van der Waals surface area contributed by atoms with Crippen LogP contribution in [0.2, 0.25) is 0 Å². The van der Waals surface area contributed by atoms with Crippen LogP contribution in [0.3, 0.4) is 0 Å². The van der Waals surface area contributed by atoms with Crippen LogP contribution in [0.15, 0.2) is 138 Å². The summed E-state index contributed by atoms with van der Waals surface area (Å²) in [6.45, 7) is 4.42. The van der Waals surface area contributed by atoms with Crippen molar-refractivity contribution in [3.63, 3.8) is 0 Å². The lowest BCUT2D eigenvalue weighted by molar-refractivity contribution is 0.0531. The highest BCUT2D eigenvalue weighted by Gasteiger charge is 2.38. The minimum absolute atomic E-state index is 0.102. The molecule has 0 aliphatic heterocycles. The molecule has 2 heterocycles. The Morgan fingerprint density at radius 2 is 1.35 bits per heavy atom. The predicted octanol–water partition coefficient (Wildman–Crippen LogP) is 6.96. The molecule has 66 heavy (non-hydrogen) atoms. The second-order valence-corrected chi connectivity index (χ2v) is 20.0. The molecule has 19 heteroatoms. The monoisotopic (exact) mass is 934 g/mol. The highest BCUT2D eigenvalue weighted by molar-refractivity contribution is 7.93. The van der Waals surface area contributed by atoms with Crippen LogP contribution < -0.4 is 19.5 Å². The van der Waals surface area contributed by atoms with Gasteiger partial charge < -0.3 is 28.8 Å². The molecule has 7 aromatic rings. The number of carbonyl (C=O) groups is 1. The molecule has 0 radical (unpaired) electrons. The fourth-order valence-corrected chi connectivity index (χ4v) is 10.6. The Hall–Kier alpha value is -7.09. The number of ether oxygens (including phenoxy) is 4. The van der Waals surface area contributed by atoms with Crippen LogP contribution in [0.4, 0.5) is 4.79 Å². The molecule has 0 aliphatic carbocycles. The molecule has 0 saturated heterocycles. The van der Waals surface area contributed by atoms with Gasteiger partial charge in [-0.1, -0.05) is 54.6 Å². The van der Waals surface area contributed by atoms with Crippen LogP contribution in [-0.2, 0) is 44.2 Å². The number of methoxy groups -OCH3 is 3. The van der Waals surface area contributed by atoms with Crippen LogP contribution in [-0.4, -0.2) is 96.2 Å². The van der Waals surface area contributed by atoms with E-state index in [0.717, 1.165) is 5.56 Å². The summed E-state index contributed by atoms with van der Waals surface area (Å²) in [5.41, 5.74) is 2.54. The van der Waals surface area contributed by atoms with Crippen LogP contribution in [0, 0.1) is 0 Å². The topological polar surface area (TPSA) is 199 Å². The molecular weight excluding hydrogens is 885 g/mol. The van der Waals surface area contributed by atoms with Crippen LogP contribution >= 0.6 is 0 Å². The van der Waals surface area contributed by atoms with Crippen LogP contribution in [0.25, 0.3) is 28.2 Å². The Bertz CT molecular complexity index is 2940. The van der Waals surface area contributed by atoms with E-state index in [4.69, 9.17) is 24.0 Å². The van der Waals surface area contributed by atoms with Gasteiger partial charge in [-0.15, -0.1) is 10.2 Å². The van der Waals surface area contributed by atoms with Gasteiger partial charge in [0.2, 0.25) is 15.8 Å². The maximum Gasteiger partial charge on any atom is 0.407 e. The summed E-state index contributed by atoms with van der Waals surface area (Å²) in [5.74, 6) is 0.944. The summed E-state index contributed by atoms with van der Waals surface area (Å²) >= 11 is 0. The number of sulfonamides is 1. The largest absolute Gasteiger partial charge is 0.497 e. The van der Waals surface area contributed by atoms with Gasteiger partial charge in [0, 0.05) is 37.7 Å². The number of sulfone groups is 1. The second-order valence-electron chi connectivity index (χ2n) is 16.0. The van der Waals surface area contributed by atoms with Crippen molar-refractivity contribution in [1.29, 1.82) is 0 Å². The van der Waals surface area contributed by atoms with E-state index in [1.54, 1.807) is 124 Å². The molecule has 17 nitrogen and oxygen atoms in total. The van der Waals surface area contributed by atoms with E-state index in [-0.39, 0.29) is 31.0 Å². The number of hydrogen-bond donors (Lipinski definition) is 1. The third-order valence-electron chi connectivity index (χ3n) is 10.2. The Kier molecular flexibility index (Phi) is 14.2. The van der Waals surface area contributed by atoms with E-state index in [1.807, 2.05) is 24.3 Å². The van der Waals surface area contributed by atoms with Gasteiger partial charge in [0.05, 0.1) is 50.4 Å². The Balaban J connectivity index is 1.46. The summed E-state index contributed by atoms with van der Waals surface area (Å²) in [7, 11) is -4.82. The van der Waals surface area contributed by atoms with Gasteiger partial charge in [-0.2, -0.15) is 9.10 Å². The number of tetrazole rings is 1. The summed E-state index contributed by atoms with van der Waals surface area (Å²) < 4.78 is 86.0. The number of hydrogen-bond acceptors (Lipinski definition) is 13. The molecule has 5 aromatic carbocycles. The standard InChI is InChI=1S/C47H50N8O9S2/c1-47(2,3)64-46(56)49-25-27-65(57,58)42-23-22-41(36-8-7-9-37(28-36)53-26-24-48-32-53)43(45-50-52-55(51-45)31-35-14-20-40(63-6)21-15-35)44(42)66(59,60)54(29-33-10-16-38(61-4)17-11-33)30-34-12-18-39(62-5)19-13-34/h7-24,26,28,32H,25,27,29-31H2,1-6H3,(H,49,56). The van der Waals surface area contributed by atoms with Crippen molar-refractivity contribution in [2.75, 3.05) is 33.6 Å². The first-order chi connectivity index (χ1) is 31.6. The van der Waals surface area contributed by atoms with E-state index in [1.165, 1.54) is 35.5 Å². The van der Waals surface area contributed by atoms with Crippen molar-refractivity contribution in [3.05, 3.63) is 145 Å². The van der Waals surface area contributed by atoms with Crippen molar-refractivity contribution in [2.24, 2.45) is 0 Å². The van der Waals surface area contributed by atoms with Crippen molar-refractivity contribution in [2.45, 2.75) is 55.8 Å². The lowest BCUT2D eigenvalue weighted by Gasteiger charge is -2.26. The molecule has 2 aromatic heterocycles. The highest BCUT2D eigenvalue weighted by atomic mass is 32.2. The van der Waals surface area contributed by atoms with E-state index in [2.05, 4.69) is 20.6 Å². The summed E-state index contributed by atoms with van der Waals surface area (Å²) in [5, 5.41) is 16.0. The molecule has 1 amide bonds. The van der Waals surface area contributed by atoms with Gasteiger partial charge in [0.15, 0.2) is 9.84 Å². The molecule has 344 valence electrons. The van der Waals surface area contributed by atoms with E-state index in [0.29, 0.717) is 45.2 Å². The van der Waals surface area contributed by atoms with Gasteiger partial charge in [0.1, 0.15) is 27.7 Å². The van der Waals surface area contributed by atoms with Gasteiger partial charge >= 0.3 is 6.09 Å². The van der Waals surface area contributed by atoms with E-state index >= 15 is 8.42 Å². The van der Waals surface area contributed by atoms with Gasteiger partial charge in [0.25, 0.3) is 0 Å². The molecule has 7 rings (SSSR count). The van der Waals surface area contributed by atoms with Crippen molar-refractivity contribution in [3.8, 4) is 45.5 Å². The maximum absolute atomic E-state index is 16.0. The number of carbonyl (C=O) groups excluding carboxylic acids is 1. The summed E-state index contributed by atoms with van der Waals surface area (Å²) in [6.07, 6.45) is 4.19. The Morgan fingerprint density at radius 1 is 0.758 bits per heavy atom. The molecular formula is C47H50N8O9S2. The zero-order valence-corrected chi connectivity index (χ0v) is 38.9. The smallest absolute Gasteiger partial charge is 0.407 e. The minimum Gasteiger partial charge on any atom is -0.497 e. The number of benzene rings is 5. The maximum atomic E-state index is 16.0. The molecule has 0 bridgehead atoms. The first kappa shape index (κ1) is 46.9. The highest BCUT2D eigenvalue weighted by Crippen LogP contribution is 2.42. The zero-order valence-electron chi connectivity index (χ0n) is 37.3. The number of rotatable bonds is 18. The minimum atomic E-state index is -4.89. The fraction of sp³-hybridized carbons (Fsp3) is 0.255. The SMILES string of the molecule is COc1ccc(CN(Cc2ccc(OC)cc2)S(=O)(=O)c2c(S(=O)(=O)CCNC(=O)OC(C)(C)C)ccc(-c3cccc(-n4ccnc4)c3)c2-c2nnn(Cc3ccc(OC)cc3)n2)cc1. The average Bonchev–Trinajstić information content (AvgIpc) is 4.02. The Morgan fingerprint density at radius 3 is 1.89 bits per heavy atom. The second kappa shape index (κ2) is 20.0. The number of nitrogens with one attached hydrogen (secondary N) is 1. The molecule has 0 fully saturated rings. The molecule has 0 unspecified atom stereocenters. The van der Waals surface area contributed by atoms with Gasteiger partial charge in [-0.05, 0) is 108 Å². The fourth-order valence-electron chi connectivity index (χ4n) is 7.01. The number of aromatic nitrogens is 6. The van der Waals surface area contributed by atoms with Gasteiger partial charge in [-0.3, -0.25) is 0 Å². The van der Waals surface area contributed by atoms with E-state index < -0.39 is 53.6 Å². The normalized spacial score (nSPS) is 11.9. The third-order valence-corrected chi connectivity index (χ3v) is 14.0. The van der Waals surface area contributed by atoms with Crippen LogP contribution in [0.1, 0.15) is 37.5 Å². The predicted molar refractivity (Wildman–Crippen MR) is 247 cm³/mol. The lowest BCUT2D eigenvalue weighted by Crippen LogP contribution is -2.35.